The molecule has 4 rings (SSSR count). The van der Waals surface area contributed by atoms with Crippen LogP contribution in [-0.4, -0.2) is 35.3 Å². The number of hydrogen-bond acceptors (Lipinski definition) is 3. The summed E-state index contributed by atoms with van der Waals surface area (Å²) in [7, 11) is 0. The van der Waals surface area contributed by atoms with Gasteiger partial charge in [-0.1, -0.05) is 37.8 Å². The lowest BCUT2D eigenvalue weighted by Gasteiger charge is -2.45. The Balaban J connectivity index is 1.35. The van der Waals surface area contributed by atoms with Crippen molar-refractivity contribution in [2.45, 2.75) is 83.7 Å². The minimum Gasteiger partial charge on any atom is -0.486 e. The third-order valence-electron chi connectivity index (χ3n) is 7.49. The number of fused-ring (bicyclic) bond motifs is 1. The smallest absolute Gasteiger partial charge is 0.225 e. The van der Waals surface area contributed by atoms with Crippen molar-refractivity contribution in [3.8, 4) is 5.75 Å². The number of hydrogen-bond donors (Lipinski definition) is 0. The molecule has 2 aliphatic heterocycles. The number of halogens is 1. The van der Waals surface area contributed by atoms with Gasteiger partial charge in [-0.25, -0.2) is 0 Å². The molecule has 1 saturated carbocycles. The highest BCUT2D eigenvalue weighted by molar-refractivity contribution is 6.31. The highest BCUT2D eigenvalue weighted by atomic mass is 35.5. The number of piperidine rings is 1. The molecule has 1 aliphatic carbocycles. The van der Waals surface area contributed by atoms with Crippen LogP contribution in [0.15, 0.2) is 12.1 Å². The number of amides is 1. The van der Waals surface area contributed by atoms with Crippen molar-refractivity contribution < 1.29 is 14.3 Å². The van der Waals surface area contributed by atoms with Gasteiger partial charge in [0.2, 0.25) is 5.91 Å². The summed E-state index contributed by atoms with van der Waals surface area (Å²) in [5.74, 6) is 2.12. The van der Waals surface area contributed by atoms with E-state index in [1.807, 2.05) is 17.9 Å². The molecule has 164 valence electrons. The molecule has 1 spiro atoms. The normalized spacial score (nSPS) is 25.7. The highest BCUT2D eigenvalue weighted by Crippen LogP contribution is 2.42. The first kappa shape index (κ1) is 21.7. The first-order chi connectivity index (χ1) is 14.4. The van der Waals surface area contributed by atoms with Gasteiger partial charge >= 0.3 is 0 Å². The van der Waals surface area contributed by atoms with Crippen molar-refractivity contribution in [2.75, 3.05) is 13.1 Å². The summed E-state index contributed by atoms with van der Waals surface area (Å²) in [4.78, 5) is 27.9. The lowest BCUT2D eigenvalue weighted by Crippen LogP contribution is -2.53. The van der Waals surface area contributed by atoms with Gasteiger partial charge in [-0.15, -0.1) is 0 Å². The molecule has 0 atom stereocenters. The quantitative estimate of drug-likeness (QED) is 0.589. The molecule has 0 N–H and O–H groups in total. The van der Waals surface area contributed by atoms with Gasteiger partial charge < -0.3 is 9.64 Å². The van der Waals surface area contributed by atoms with E-state index in [0.29, 0.717) is 41.8 Å². The number of unbranched alkanes of at least 4 members (excludes halogenated alkanes) is 1. The van der Waals surface area contributed by atoms with Crippen molar-refractivity contribution in [3.05, 3.63) is 28.3 Å². The van der Waals surface area contributed by atoms with Gasteiger partial charge in [0.1, 0.15) is 11.4 Å². The molecule has 2 fully saturated rings. The Hall–Kier alpha value is -1.55. The lowest BCUT2D eigenvalue weighted by molar-refractivity contribution is -0.140. The SMILES string of the molecule is CCCCC1CCC(C(=O)N2CCC3(CC2)CC(=O)c2cc(Cl)cc(C)c2O3)CC1. The molecular formula is C25H34ClNO3. The second-order valence-electron chi connectivity index (χ2n) is 9.67. The van der Waals surface area contributed by atoms with Crippen LogP contribution in [-0.2, 0) is 4.79 Å². The van der Waals surface area contributed by atoms with Crippen LogP contribution in [0.5, 0.6) is 5.75 Å². The predicted molar refractivity (Wildman–Crippen MR) is 119 cm³/mol. The minimum absolute atomic E-state index is 0.104. The average molecular weight is 432 g/mol. The fraction of sp³-hybridized carbons (Fsp3) is 0.680. The molecule has 1 aromatic rings. The predicted octanol–water partition coefficient (Wildman–Crippen LogP) is 5.97. The van der Waals surface area contributed by atoms with Crippen molar-refractivity contribution in [1.29, 1.82) is 0 Å². The summed E-state index contributed by atoms with van der Waals surface area (Å²) in [6.45, 7) is 5.55. The molecule has 0 aromatic heterocycles. The van der Waals surface area contributed by atoms with Crippen LogP contribution in [0.4, 0.5) is 0 Å². The molecule has 4 nitrogen and oxygen atoms in total. The summed E-state index contributed by atoms with van der Waals surface area (Å²) in [5.41, 5.74) is 1.03. The van der Waals surface area contributed by atoms with Gasteiger partial charge in [0.15, 0.2) is 5.78 Å². The van der Waals surface area contributed by atoms with E-state index in [9.17, 15) is 9.59 Å². The summed E-state index contributed by atoms with van der Waals surface area (Å²) in [6.07, 6.45) is 10.2. The second-order valence-corrected chi connectivity index (χ2v) is 10.1. The number of benzene rings is 1. The van der Waals surface area contributed by atoms with Gasteiger partial charge in [-0.2, -0.15) is 0 Å². The molecule has 1 amide bonds. The lowest BCUT2D eigenvalue weighted by atomic mass is 9.78. The number of aryl methyl sites for hydroxylation is 1. The summed E-state index contributed by atoms with van der Waals surface area (Å²) < 4.78 is 6.42. The second kappa shape index (κ2) is 8.90. The summed E-state index contributed by atoms with van der Waals surface area (Å²) >= 11 is 6.13. The monoisotopic (exact) mass is 431 g/mol. The van der Waals surface area contributed by atoms with E-state index in [1.165, 1.54) is 32.1 Å². The van der Waals surface area contributed by atoms with Crippen LogP contribution >= 0.6 is 11.6 Å². The fourth-order valence-corrected chi connectivity index (χ4v) is 5.85. The molecule has 1 aromatic carbocycles. The van der Waals surface area contributed by atoms with Gasteiger partial charge in [0.25, 0.3) is 0 Å². The standard InChI is InChI=1S/C25H34ClNO3/c1-3-4-5-18-6-8-19(9-7-18)24(29)27-12-10-25(11-13-27)16-22(28)21-15-20(26)14-17(2)23(21)30-25/h14-15,18-19H,3-13,16H2,1-2H3. The van der Waals surface area contributed by atoms with E-state index >= 15 is 0 Å². The highest BCUT2D eigenvalue weighted by Gasteiger charge is 2.45. The third-order valence-corrected chi connectivity index (χ3v) is 7.71. The Morgan fingerprint density at radius 3 is 2.57 bits per heavy atom. The van der Waals surface area contributed by atoms with Gasteiger partial charge in [-0.05, 0) is 56.2 Å². The van der Waals surface area contributed by atoms with Crippen LogP contribution < -0.4 is 4.74 Å². The number of ether oxygens (including phenoxy) is 1. The first-order valence-corrected chi connectivity index (χ1v) is 12.1. The maximum atomic E-state index is 13.1. The van der Waals surface area contributed by atoms with Crippen molar-refractivity contribution in [1.82, 2.24) is 4.90 Å². The van der Waals surface area contributed by atoms with Crippen LogP contribution in [0.3, 0.4) is 0 Å². The Bertz CT molecular complexity index is 805. The molecule has 1 saturated heterocycles. The Morgan fingerprint density at radius 2 is 1.90 bits per heavy atom. The van der Waals surface area contributed by atoms with E-state index in [0.717, 1.165) is 37.2 Å². The summed E-state index contributed by atoms with van der Waals surface area (Å²) in [5, 5.41) is 0.573. The Labute approximate surface area is 185 Å². The number of carbonyl (C=O) groups is 2. The Kier molecular flexibility index (Phi) is 6.43. The van der Waals surface area contributed by atoms with Crippen molar-refractivity contribution >= 4 is 23.3 Å². The van der Waals surface area contributed by atoms with E-state index in [4.69, 9.17) is 16.3 Å². The van der Waals surface area contributed by atoms with Crippen LogP contribution in [0, 0.1) is 18.8 Å². The topological polar surface area (TPSA) is 46.6 Å². The number of ketones is 1. The van der Waals surface area contributed by atoms with E-state index in [-0.39, 0.29) is 11.7 Å². The van der Waals surface area contributed by atoms with Gasteiger partial charge in [0.05, 0.1) is 12.0 Å². The summed E-state index contributed by atoms with van der Waals surface area (Å²) in [6, 6.07) is 3.57. The number of carbonyl (C=O) groups excluding carboxylic acids is 2. The fourth-order valence-electron chi connectivity index (χ4n) is 5.58. The zero-order valence-corrected chi connectivity index (χ0v) is 19.1. The first-order valence-electron chi connectivity index (χ1n) is 11.7. The molecular weight excluding hydrogens is 398 g/mol. The Morgan fingerprint density at radius 1 is 1.20 bits per heavy atom. The van der Waals surface area contributed by atoms with Crippen LogP contribution in [0.25, 0.3) is 0 Å². The number of nitrogens with zero attached hydrogens (tertiary/aromatic N) is 1. The number of Topliss-reactive ketones (excluding diaryl/α,β-unsaturated/α-hetero) is 1. The molecule has 0 radical (unpaired) electrons. The number of likely N-dealkylation sites (tertiary alicyclic amines) is 1. The zero-order chi connectivity index (χ0) is 21.3. The molecule has 30 heavy (non-hydrogen) atoms. The van der Waals surface area contributed by atoms with Crippen LogP contribution in [0.1, 0.15) is 87.1 Å². The third kappa shape index (κ3) is 4.39. The molecule has 2 heterocycles. The molecule has 3 aliphatic rings. The molecule has 5 heteroatoms. The van der Waals surface area contributed by atoms with Crippen molar-refractivity contribution in [3.63, 3.8) is 0 Å². The zero-order valence-electron chi connectivity index (χ0n) is 18.3. The maximum absolute atomic E-state index is 13.1. The van der Waals surface area contributed by atoms with Crippen molar-refractivity contribution in [2.24, 2.45) is 11.8 Å². The van der Waals surface area contributed by atoms with E-state index in [2.05, 4.69) is 6.92 Å². The number of rotatable bonds is 4. The molecule has 0 unspecified atom stereocenters. The van der Waals surface area contributed by atoms with Gasteiger partial charge in [-0.3, -0.25) is 9.59 Å². The van der Waals surface area contributed by atoms with Crippen LogP contribution in [0.2, 0.25) is 5.02 Å². The van der Waals surface area contributed by atoms with Gasteiger partial charge in [0, 0.05) is 36.9 Å². The van der Waals surface area contributed by atoms with E-state index in [1.54, 1.807) is 6.07 Å². The molecule has 0 bridgehead atoms. The van der Waals surface area contributed by atoms with E-state index < -0.39 is 5.60 Å². The average Bonchev–Trinajstić information content (AvgIpc) is 2.74. The largest absolute Gasteiger partial charge is 0.486 e. The maximum Gasteiger partial charge on any atom is 0.225 e. The minimum atomic E-state index is -0.475.